The van der Waals surface area contributed by atoms with E-state index in [0.717, 1.165) is 32.6 Å². The lowest BCUT2D eigenvalue weighted by atomic mass is 10.2. The minimum absolute atomic E-state index is 0.548. The summed E-state index contributed by atoms with van der Waals surface area (Å²) in [6.07, 6.45) is 4.81. The molecule has 0 aliphatic rings. The Labute approximate surface area is 105 Å². The minimum Gasteiger partial charge on any atom is -0.313 e. The van der Waals surface area contributed by atoms with E-state index >= 15 is 0 Å². The van der Waals surface area contributed by atoms with Crippen LogP contribution >= 0.6 is 0 Å². The summed E-state index contributed by atoms with van der Waals surface area (Å²) in [6, 6.07) is 4.67. The van der Waals surface area contributed by atoms with Gasteiger partial charge in [-0.25, -0.2) is 0 Å². The zero-order chi connectivity index (χ0) is 12.5. The van der Waals surface area contributed by atoms with E-state index in [-0.39, 0.29) is 0 Å². The molecule has 3 nitrogen and oxygen atoms in total. The van der Waals surface area contributed by atoms with Gasteiger partial charge in [0.15, 0.2) is 0 Å². The van der Waals surface area contributed by atoms with E-state index in [4.69, 9.17) is 0 Å². The summed E-state index contributed by atoms with van der Waals surface area (Å²) in [4.78, 5) is 6.57. The SMILES string of the molecule is CCN(CC)CC(C)NCCc1cccnc1. The number of hydrogen-bond donors (Lipinski definition) is 1. The first kappa shape index (κ1) is 14.1. The Morgan fingerprint density at radius 3 is 2.71 bits per heavy atom. The Morgan fingerprint density at radius 2 is 2.12 bits per heavy atom. The van der Waals surface area contributed by atoms with Crippen LogP contribution in [0.2, 0.25) is 0 Å². The summed E-state index contributed by atoms with van der Waals surface area (Å²) < 4.78 is 0. The zero-order valence-corrected chi connectivity index (χ0v) is 11.3. The van der Waals surface area contributed by atoms with Crippen molar-refractivity contribution in [1.82, 2.24) is 15.2 Å². The second-order valence-corrected chi connectivity index (χ2v) is 4.45. The maximum Gasteiger partial charge on any atom is 0.0300 e. The Hall–Kier alpha value is -0.930. The third-order valence-electron chi connectivity index (χ3n) is 3.06. The molecule has 0 amide bonds. The van der Waals surface area contributed by atoms with Gasteiger partial charge in [-0.15, -0.1) is 0 Å². The van der Waals surface area contributed by atoms with Crippen molar-refractivity contribution in [2.75, 3.05) is 26.2 Å². The van der Waals surface area contributed by atoms with Crippen LogP contribution in [0, 0.1) is 0 Å². The van der Waals surface area contributed by atoms with Crippen LogP contribution in [0.4, 0.5) is 0 Å². The summed E-state index contributed by atoms with van der Waals surface area (Å²) in [5, 5.41) is 3.56. The van der Waals surface area contributed by atoms with Gasteiger partial charge in [0, 0.05) is 25.0 Å². The molecule has 0 aliphatic carbocycles. The largest absolute Gasteiger partial charge is 0.313 e. The highest BCUT2D eigenvalue weighted by Gasteiger charge is 2.05. The Kier molecular flexibility index (Phi) is 6.82. The predicted octanol–water partition coefficient (Wildman–Crippen LogP) is 1.94. The molecule has 1 N–H and O–H groups in total. The number of hydrogen-bond acceptors (Lipinski definition) is 3. The lowest BCUT2D eigenvalue weighted by Gasteiger charge is -2.23. The molecule has 1 aromatic heterocycles. The Balaban J connectivity index is 2.18. The second kappa shape index (κ2) is 8.20. The van der Waals surface area contributed by atoms with Crippen molar-refractivity contribution in [2.45, 2.75) is 33.2 Å². The molecule has 1 rings (SSSR count). The van der Waals surface area contributed by atoms with Gasteiger partial charge in [0.05, 0.1) is 0 Å². The van der Waals surface area contributed by atoms with Gasteiger partial charge >= 0.3 is 0 Å². The van der Waals surface area contributed by atoms with Crippen molar-refractivity contribution in [3.63, 3.8) is 0 Å². The van der Waals surface area contributed by atoms with Gasteiger partial charge < -0.3 is 10.2 Å². The van der Waals surface area contributed by atoms with E-state index in [1.54, 1.807) is 0 Å². The van der Waals surface area contributed by atoms with Crippen molar-refractivity contribution in [2.24, 2.45) is 0 Å². The fourth-order valence-corrected chi connectivity index (χ4v) is 1.94. The molecule has 1 unspecified atom stereocenters. The summed E-state index contributed by atoms with van der Waals surface area (Å²) in [5.74, 6) is 0. The first-order valence-corrected chi connectivity index (χ1v) is 6.60. The topological polar surface area (TPSA) is 28.2 Å². The van der Waals surface area contributed by atoms with Gasteiger partial charge in [-0.05, 0) is 44.6 Å². The van der Waals surface area contributed by atoms with E-state index in [1.807, 2.05) is 18.5 Å². The summed E-state index contributed by atoms with van der Waals surface area (Å²) >= 11 is 0. The summed E-state index contributed by atoms with van der Waals surface area (Å²) in [6.45, 7) is 11.1. The van der Waals surface area contributed by atoms with Crippen LogP contribution < -0.4 is 5.32 Å². The monoisotopic (exact) mass is 235 g/mol. The fraction of sp³-hybridized carbons (Fsp3) is 0.643. The molecule has 0 radical (unpaired) electrons. The third-order valence-corrected chi connectivity index (χ3v) is 3.06. The molecule has 1 atom stereocenters. The van der Waals surface area contributed by atoms with Crippen molar-refractivity contribution in [3.05, 3.63) is 30.1 Å². The number of nitrogens with one attached hydrogen (secondary N) is 1. The van der Waals surface area contributed by atoms with Gasteiger partial charge in [0.1, 0.15) is 0 Å². The molecular formula is C14H25N3. The average Bonchev–Trinajstić information content (AvgIpc) is 2.37. The molecule has 1 aromatic rings. The molecule has 96 valence electrons. The number of rotatable bonds is 8. The molecule has 0 fully saturated rings. The molecule has 0 saturated heterocycles. The molecule has 1 heterocycles. The predicted molar refractivity (Wildman–Crippen MR) is 73.2 cm³/mol. The Morgan fingerprint density at radius 1 is 1.35 bits per heavy atom. The summed E-state index contributed by atoms with van der Waals surface area (Å²) in [5.41, 5.74) is 1.30. The minimum atomic E-state index is 0.548. The van der Waals surface area contributed by atoms with Crippen LogP contribution in [0.3, 0.4) is 0 Å². The molecule has 0 saturated carbocycles. The van der Waals surface area contributed by atoms with Crippen molar-refractivity contribution >= 4 is 0 Å². The quantitative estimate of drug-likeness (QED) is 0.746. The third kappa shape index (κ3) is 5.80. The van der Waals surface area contributed by atoms with Crippen molar-refractivity contribution in [3.8, 4) is 0 Å². The molecule has 0 spiro atoms. The fourth-order valence-electron chi connectivity index (χ4n) is 1.94. The van der Waals surface area contributed by atoms with Crippen molar-refractivity contribution in [1.29, 1.82) is 0 Å². The van der Waals surface area contributed by atoms with Crippen LogP contribution in [0.25, 0.3) is 0 Å². The maximum absolute atomic E-state index is 4.12. The van der Waals surface area contributed by atoms with Crippen molar-refractivity contribution < 1.29 is 0 Å². The first-order chi connectivity index (χ1) is 8.26. The highest BCUT2D eigenvalue weighted by molar-refractivity contribution is 5.08. The van der Waals surface area contributed by atoms with Gasteiger partial charge in [0.25, 0.3) is 0 Å². The molecule has 3 heteroatoms. The van der Waals surface area contributed by atoms with E-state index in [9.17, 15) is 0 Å². The van der Waals surface area contributed by atoms with E-state index < -0.39 is 0 Å². The highest BCUT2D eigenvalue weighted by atomic mass is 15.1. The van der Waals surface area contributed by atoms with Gasteiger partial charge in [-0.1, -0.05) is 19.9 Å². The van der Waals surface area contributed by atoms with E-state index in [0.29, 0.717) is 6.04 Å². The Bertz CT molecular complexity index is 283. The number of pyridine rings is 1. The molecule has 17 heavy (non-hydrogen) atoms. The lowest BCUT2D eigenvalue weighted by Crippen LogP contribution is -2.39. The smallest absolute Gasteiger partial charge is 0.0300 e. The molecule has 0 aromatic carbocycles. The normalized spacial score (nSPS) is 12.9. The molecule has 0 aliphatic heterocycles. The van der Waals surface area contributed by atoms with E-state index in [2.05, 4.69) is 42.0 Å². The maximum atomic E-state index is 4.12. The van der Waals surface area contributed by atoms with Crippen LogP contribution in [0.5, 0.6) is 0 Å². The van der Waals surface area contributed by atoms with E-state index in [1.165, 1.54) is 5.56 Å². The highest BCUT2D eigenvalue weighted by Crippen LogP contribution is 1.97. The standard InChI is InChI=1S/C14H25N3/c1-4-17(5-2)12-13(3)16-10-8-14-7-6-9-15-11-14/h6-7,9,11,13,16H,4-5,8,10,12H2,1-3H3. The molecule has 0 bridgehead atoms. The van der Waals surface area contributed by atoms with Gasteiger partial charge in [-0.2, -0.15) is 0 Å². The van der Waals surface area contributed by atoms with Crippen LogP contribution in [-0.4, -0.2) is 42.1 Å². The number of aromatic nitrogens is 1. The van der Waals surface area contributed by atoms with Gasteiger partial charge in [0.2, 0.25) is 0 Å². The van der Waals surface area contributed by atoms with Crippen LogP contribution in [0.1, 0.15) is 26.3 Å². The molecular weight excluding hydrogens is 210 g/mol. The zero-order valence-electron chi connectivity index (χ0n) is 11.3. The number of nitrogens with zero attached hydrogens (tertiary/aromatic N) is 2. The van der Waals surface area contributed by atoms with Crippen LogP contribution in [0.15, 0.2) is 24.5 Å². The van der Waals surface area contributed by atoms with Crippen LogP contribution in [-0.2, 0) is 6.42 Å². The van der Waals surface area contributed by atoms with Gasteiger partial charge in [-0.3, -0.25) is 4.98 Å². The first-order valence-electron chi connectivity index (χ1n) is 6.60. The second-order valence-electron chi connectivity index (χ2n) is 4.45. The lowest BCUT2D eigenvalue weighted by molar-refractivity contribution is 0.272. The summed E-state index contributed by atoms with van der Waals surface area (Å²) in [7, 11) is 0. The average molecular weight is 235 g/mol. The number of likely N-dealkylation sites (N-methyl/N-ethyl adjacent to an activating group) is 1.